The first-order valence-electron chi connectivity index (χ1n) is 14.5. The predicted molar refractivity (Wildman–Crippen MR) is 151 cm³/mol. The number of likely N-dealkylation sites (tertiary alicyclic amines) is 2. The highest BCUT2D eigenvalue weighted by Crippen LogP contribution is 2.41. The zero-order chi connectivity index (χ0) is 29.0. The van der Waals surface area contributed by atoms with E-state index in [-0.39, 0.29) is 34.7 Å². The smallest absolute Gasteiger partial charge is 0.259 e. The Balaban J connectivity index is 1.05. The summed E-state index contributed by atoms with van der Waals surface area (Å²) in [6.45, 7) is 8.80. The minimum absolute atomic E-state index is 0.00789. The maximum atomic E-state index is 15.0. The fourth-order valence-corrected chi connectivity index (χ4v) is 6.80. The molecule has 1 aromatic carbocycles. The van der Waals surface area contributed by atoms with Gasteiger partial charge in [-0.15, -0.1) is 0 Å². The first-order chi connectivity index (χ1) is 20.3. The summed E-state index contributed by atoms with van der Waals surface area (Å²) in [5.41, 5.74) is 1.72. The van der Waals surface area contributed by atoms with Gasteiger partial charge in [0.25, 0.3) is 6.43 Å². The molecule has 1 unspecified atom stereocenters. The van der Waals surface area contributed by atoms with E-state index in [4.69, 9.17) is 0 Å². The number of pyridine rings is 1. The van der Waals surface area contributed by atoms with Crippen LogP contribution in [0.1, 0.15) is 43.6 Å². The van der Waals surface area contributed by atoms with E-state index < -0.39 is 24.1 Å². The van der Waals surface area contributed by atoms with Gasteiger partial charge in [0.05, 0.1) is 17.8 Å². The monoisotopic (exact) mass is 580 g/mol. The molecule has 1 spiro atoms. The highest BCUT2D eigenvalue weighted by molar-refractivity contribution is 5.83. The molecule has 3 aliphatic rings. The second-order valence-corrected chi connectivity index (χ2v) is 11.8. The number of halogens is 4. The molecule has 0 amide bonds. The molecular weight excluding hydrogens is 548 g/mol. The van der Waals surface area contributed by atoms with Gasteiger partial charge in [-0.3, -0.25) is 4.90 Å². The second kappa shape index (κ2) is 10.6. The summed E-state index contributed by atoms with van der Waals surface area (Å²) < 4.78 is 58.5. The Morgan fingerprint density at radius 3 is 2.52 bits per heavy atom. The van der Waals surface area contributed by atoms with Gasteiger partial charge in [-0.2, -0.15) is 0 Å². The largest absolute Gasteiger partial charge is 0.319 e. The van der Waals surface area contributed by atoms with Gasteiger partial charge >= 0.3 is 0 Å². The van der Waals surface area contributed by atoms with Crippen molar-refractivity contribution in [3.8, 4) is 11.3 Å². The average molecular weight is 581 g/mol. The van der Waals surface area contributed by atoms with Crippen LogP contribution in [0.4, 0.5) is 29.3 Å². The third-order valence-electron chi connectivity index (χ3n) is 9.08. The standard InChI is InChI=1S/C30H32F4N8/c1-2-40-9-7-30(8-10-40)16-41(17-30)15-18-3-5-24(35-13-18)37-29-36-14-21(32)26(39-29)19-11-20(31)27-23(12-19)42-22(28(33)34)4-6-25(42)38-27/h3,5,11-14,22,28H,2,4,6-10,15-17H2,1H3,(H,35,36,37,39). The van der Waals surface area contributed by atoms with E-state index in [2.05, 4.69) is 42.0 Å². The third-order valence-corrected chi connectivity index (χ3v) is 9.08. The lowest BCUT2D eigenvalue weighted by Gasteiger charge is -2.54. The number of alkyl halides is 2. The van der Waals surface area contributed by atoms with Gasteiger partial charge in [0.15, 0.2) is 11.6 Å². The van der Waals surface area contributed by atoms with Crippen molar-refractivity contribution in [3.05, 3.63) is 59.7 Å². The van der Waals surface area contributed by atoms with Crippen molar-refractivity contribution >= 4 is 22.8 Å². The maximum Gasteiger partial charge on any atom is 0.259 e. The molecule has 0 saturated carbocycles. The quantitative estimate of drug-likeness (QED) is 0.286. The average Bonchev–Trinajstić information content (AvgIpc) is 3.55. The lowest BCUT2D eigenvalue weighted by molar-refractivity contribution is -0.0502. The molecule has 3 aliphatic heterocycles. The molecule has 0 aliphatic carbocycles. The maximum absolute atomic E-state index is 15.0. The van der Waals surface area contributed by atoms with E-state index in [1.54, 1.807) is 6.20 Å². The van der Waals surface area contributed by atoms with Crippen molar-refractivity contribution in [3.63, 3.8) is 0 Å². The molecule has 2 fully saturated rings. The summed E-state index contributed by atoms with van der Waals surface area (Å²) in [6.07, 6.45) is 3.26. The number of piperidine rings is 1. The van der Waals surface area contributed by atoms with Crippen molar-refractivity contribution in [2.24, 2.45) is 5.41 Å². The number of nitrogens with one attached hydrogen (secondary N) is 1. The van der Waals surface area contributed by atoms with Crippen LogP contribution in [0.2, 0.25) is 0 Å². The van der Waals surface area contributed by atoms with Crippen LogP contribution in [0.5, 0.6) is 0 Å². The predicted octanol–water partition coefficient (Wildman–Crippen LogP) is 5.58. The van der Waals surface area contributed by atoms with Crippen molar-refractivity contribution in [2.45, 2.75) is 51.6 Å². The molecule has 3 aromatic heterocycles. The Morgan fingerprint density at radius 1 is 1.00 bits per heavy atom. The van der Waals surface area contributed by atoms with Crippen LogP contribution in [-0.2, 0) is 13.0 Å². The van der Waals surface area contributed by atoms with E-state index >= 15 is 4.39 Å². The van der Waals surface area contributed by atoms with Crippen LogP contribution in [0.15, 0.2) is 36.7 Å². The summed E-state index contributed by atoms with van der Waals surface area (Å²) in [4.78, 5) is 22.0. The first-order valence-corrected chi connectivity index (χ1v) is 14.5. The molecule has 7 rings (SSSR count). The number of hydrogen-bond donors (Lipinski definition) is 1. The lowest BCUT2D eigenvalue weighted by Crippen LogP contribution is -2.59. The first kappa shape index (κ1) is 27.2. The van der Waals surface area contributed by atoms with E-state index in [0.717, 1.165) is 44.0 Å². The zero-order valence-corrected chi connectivity index (χ0v) is 23.3. The lowest BCUT2D eigenvalue weighted by atomic mass is 9.72. The molecule has 1 atom stereocenters. The molecule has 2 saturated heterocycles. The second-order valence-electron chi connectivity index (χ2n) is 11.8. The molecule has 42 heavy (non-hydrogen) atoms. The molecule has 1 N–H and O–H groups in total. The van der Waals surface area contributed by atoms with Crippen molar-refractivity contribution in [1.82, 2.24) is 34.3 Å². The summed E-state index contributed by atoms with van der Waals surface area (Å²) >= 11 is 0. The van der Waals surface area contributed by atoms with Gasteiger partial charge in [0, 0.05) is 37.8 Å². The minimum Gasteiger partial charge on any atom is -0.319 e. The van der Waals surface area contributed by atoms with E-state index in [9.17, 15) is 13.2 Å². The third kappa shape index (κ3) is 4.90. The van der Waals surface area contributed by atoms with Crippen LogP contribution in [0, 0.1) is 17.0 Å². The fraction of sp³-hybridized carbons (Fsp3) is 0.467. The van der Waals surface area contributed by atoms with Gasteiger partial charge in [0.2, 0.25) is 5.95 Å². The molecule has 12 heteroatoms. The van der Waals surface area contributed by atoms with Crippen molar-refractivity contribution in [2.75, 3.05) is 38.0 Å². The van der Waals surface area contributed by atoms with Crippen LogP contribution in [0.3, 0.4) is 0 Å². The molecule has 8 nitrogen and oxygen atoms in total. The molecule has 220 valence electrons. The van der Waals surface area contributed by atoms with E-state index in [0.29, 0.717) is 23.5 Å². The Hall–Kier alpha value is -3.64. The van der Waals surface area contributed by atoms with E-state index in [1.165, 1.54) is 36.6 Å². The number of hydrogen-bond acceptors (Lipinski definition) is 7. The van der Waals surface area contributed by atoms with Crippen molar-refractivity contribution < 1.29 is 17.6 Å². The summed E-state index contributed by atoms with van der Waals surface area (Å²) in [5, 5.41) is 2.99. The zero-order valence-electron chi connectivity index (χ0n) is 23.3. The Kier molecular flexibility index (Phi) is 6.85. The van der Waals surface area contributed by atoms with Gasteiger partial charge in [-0.25, -0.2) is 37.5 Å². The molecule has 0 bridgehead atoms. The van der Waals surface area contributed by atoms with Gasteiger partial charge in [-0.1, -0.05) is 13.0 Å². The fourth-order valence-electron chi connectivity index (χ4n) is 6.80. The normalized spacial score (nSPS) is 20.4. The number of rotatable bonds is 7. The van der Waals surface area contributed by atoms with Crippen LogP contribution >= 0.6 is 0 Å². The number of anilines is 2. The number of aryl methyl sites for hydroxylation is 1. The van der Waals surface area contributed by atoms with Crippen LogP contribution in [0.25, 0.3) is 22.3 Å². The number of aromatic nitrogens is 5. The van der Waals surface area contributed by atoms with Crippen molar-refractivity contribution in [1.29, 1.82) is 0 Å². The number of benzene rings is 1. The molecule has 4 aromatic rings. The Morgan fingerprint density at radius 2 is 1.81 bits per heavy atom. The molecule has 0 radical (unpaired) electrons. The highest BCUT2D eigenvalue weighted by Gasteiger charge is 2.44. The SMILES string of the molecule is CCN1CCC2(CC1)CN(Cc1ccc(Nc3ncc(F)c(-c4cc(F)c5nc6n(c5c4)C(C(F)F)CC6)n3)nc1)C2. The minimum atomic E-state index is -2.62. The Labute approximate surface area is 240 Å². The number of imidazole rings is 1. The van der Waals surface area contributed by atoms with Gasteiger partial charge in [0.1, 0.15) is 22.9 Å². The van der Waals surface area contributed by atoms with Crippen LogP contribution < -0.4 is 5.32 Å². The summed E-state index contributed by atoms with van der Waals surface area (Å²) in [6, 6.07) is 5.31. The Bertz CT molecular complexity index is 1610. The van der Waals surface area contributed by atoms with Gasteiger partial charge in [-0.05, 0) is 68.1 Å². The van der Waals surface area contributed by atoms with Gasteiger partial charge < -0.3 is 14.8 Å². The molecule has 6 heterocycles. The highest BCUT2D eigenvalue weighted by atomic mass is 19.3. The summed E-state index contributed by atoms with van der Waals surface area (Å²) in [5.74, 6) is -0.515. The number of fused-ring (bicyclic) bond motifs is 3. The molecular formula is C30H32F4N8. The summed E-state index contributed by atoms with van der Waals surface area (Å²) in [7, 11) is 0. The number of nitrogens with zero attached hydrogens (tertiary/aromatic N) is 7. The topological polar surface area (TPSA) is 75.0 Å². The van der Waals surface area contributed by atoms with Crippen LogP contribution in [-0.4, -0.2) is 73.5 Å². The van der Waals surface area contributed by atoms with E-state index in [1.807, 2.05) is 12.1 Å².